The number of nitrogens with zero attached hydrogens (tertiary/aromatic N) is 2. The molecule has 3 aromatic rings. The number of nitrogens with one attached hydrogen (secondary N) is 1. The third-order valence-electron chi connectivity index (χ3n) is 5.30. The molecular formula is C26H21N3O8. The van der Waals surface area contributed by atoms with E-state index in [0.717, 1.165) is 4.90 Å². The van der Waals surface area contributed by atoms with Crippen molar-refractivity contribution in [2.24, 2.45) is 0 Å². The smallest absolute Gasteiger partial charge is 0.335 e. The lowest BCUT2D eigenvalue weighted by Crippen LogP contribution is -2.54. The molecule has 2 N–H and O–H groups in total. The average Bonchev–Trinajstić information content (AvgIpc) is 2.87. The van der Waals surface area contributed by atoms with Crippen molar-refractivity contribution in [3.63, 3.8) is 0 Å². The van der Waals surface area contributed by atoms with Gasteiger partial charge in [-0.2, -0.15) is 0 Å². The van der Waals surface area contributed by atoms with E-state index in [1.165, 1.54) is 42.5 Å². The zero-order chi connectivity index (χ0) is 26.5. The number of ether oxygens (including phenoxy) is 2. The number of aromatic hydroxyl groups is 1. The molecule has 1 heterocycles. The van der Waals surface area contributed by atoms with Crippen molar-refractivity contribution < 1.29 is 33.9 Å². The minimum atomic E-state index is -0.905. The number of urea groups is 1. The Labute approximate surface area is 210 Å². The normalized spacial score (nSPS) is 14.5. The van der Waals surface area contributed by atoms with Crippen LogP contribution in [0.1, 0.15) is 18.1 Å². The van der Waals surface area contributed by atoms with E-state index in [0.29, 0.717) is 29.2 Å². The fourth-order valence-electron chi connectivity index (χ4n) is 3.58. The van der Waals surface area contributed by atoms with Crippen LogP contribution in [0, 0.1) is 10.1 Å². The molecule has 11 nitrogen and oxygen atoms in total. The number of nitro benzene ring substituents is 1. The van der Waals surface area contributed by atoms with Crippen molar-refractivity contribution in [1.82, 2.24) is 5.32 Å². The Bertz CT molecular complexity index is 1420. The first-order valence-corrected chi connectivity index (χ1v) is 11.1. The maximum absolute atomic E-state index is 13.1. The number of phenols is 1. The molecule has 1 fully saturated rings. The molecule has 3 aromatic carbocycles. The summed E-state index contributed by atoms with van der Waals surface area (Å²) in [5, 5.41) is 22.6. The molecule has 0 unspecified atom stereocenters. The summed E-state index contributed by atoms with van der Waals surface area (Å²) in [6.07, 6.45) is 1.32. The van der Waals surface area contributed by atoms with Crippen LogP contribution >= 0.6 is 0 Å². The number of imide groups is 2. The second-order valence-electron chi connectivity index (χ2n) is 7.83. The van der Waals surface area contributed by atoms with E-state index in [1.54, 1.807) is 37.3 Å². The zero-order valence-electron chi connectivity index (χ0n) is 19.5. The van der Waals surface area contributed by atoms with Gasteiger partial charge in [-0.3, -0.25) is 25.0 Å². The van der Waals surface area contributed by atoms with Crippen LogP contribution in [0.2, 0.25) is 0 Å². The molecular weight excluding hydrogens is 482 g/mol. The molecule has 4 rings (SSSR count). The molecule has 188 valence electrons. The van der Waals surface area contributed by atoms with Crippen molar-refractivity contribution >= 4 is 35.3 Å². The van der Waals surface area contributed by atoms with Crippen molar-refractivity contribution in [2.75, 3.05) is 11.5 Å². The number of carbonyl (C=O) groups is 3. The molecule has 0 saturated carbocycles. The number of hydrogen-bond acceptors (Lipinski definition) is 8. The number of nitro groups is 1. The van der Waals surface area contributed by atoms with Crippen molar-refractivity contribution in [2.45, 2.75) is 13.5 Å². The fraction of sp³-hybridized carbons (Fsp3) is 0.115. The molecule has 11 heteroatoms. The summed E-state index contributed by atoms with van der Waals surface area (Å²) in [6, 6.07) is 15.3. The molecule has 0 spiro atoms. The van der Waals surface area contributed by atoms with Gasteiger partial charge in [0.1, 0.15) is 17.9 Å². The number of anilines is 1. The van der Waals surface area contributed by atoms with E-state index in [-0.39, 0.29) is 29.3 Å². The number of benzene rings is 3. The number of rotatable bonds is 8. The highest BCUT2D eigenvalue weighted by Gasteiger charge is 2.36. The lowest BCUT2D eigenvalue weighted by molar-refractivity contribution is -0.384. The number of phenolic OH excluding ortho intramolecular Hbond substituents is 1. The van der Waals surface area contributed by atoms with Crippen LogP contribution in [0.5, 0.6) is 17.2 Å². The molecule has 1 aliphatic heterocycles. The third kappa shape index (κ3) is 5.56. The van der Waals surface area contributed by atoms with Gasteiger partial charge in [-0.25, -0.2) is 9.69 Å². The summed E-state index contributed by atoms with van der Waals surface area (Å²) in [5.74, 6) is -1.04. The molecule has 4 amide bonds. The highest BCUT2D eigenvalue weighted by molar-refractivity contribution is 6.39. The van der Waals surface area contributed by atoms with Crippen LogP contribution in [-0.4, -0.2) is 34.5 Å². The maximum atomic E-state index is 13.1. The lowest BCUT2D eigenvalue weighted by atomic mass is 10.1. The van der Waals surface area contributed by atoms with Crippen LogP contribution in [0.25, 0.3) is 6.08 Å². The number of hydrogen-bond donors (Lipinski definition) is 2. The number of barbiturate groups is 1. The summed E-state index contributed by atoms with van der Waals surface area (Å²) in [6.45, 7) is 2.12. The Hall–Kier alpha value is -5.19. The summed E-state index contributed by atoms with van der Waals surface area (Å²) >= 11 is 0. The van der Waals surface area contributed by atoms with E-state index in [9.17, 15) is 29.6 Å². The minimum absolute atomic E-state index is 0.0447. The summed E-state index contributed by atoms with van der Waals surface area (Å²) in [5.41, 5.74) is 0.873. The maximum Gasteiger partial charge on any atom is 0.335 e. The molecule has 0 atom stereocenters. The predicted molar refractivity (Wildman–Crippen MR) is 132 cm³/mol. The second kappa shape index (κ2) is 10.6. The Kier molecular flexibility index (Phi) is 7.14. The predicted octanol–water partition coefficient (Wildman–Crippen LogP) is 3.94. The monoisotopic (exact) mass is 503 g/mol. The first-order chi connectivity index (χ1) is 17.8. The van der Waals surface area contributed by atoms with Gasteiger partial charge in [-0.15, -0.1) is 0 Å². The molecule has 0 aliphatic carbocycles. The van der Waals surface area contributed by atoms with Crippen LogP contribution in [0.4, 0.5) is 16.2 Å². The quantitative estimate of drug-likeness (QED) is 0.203. The van der Waals surface area contributed by atoms with Gasteiger partial charge in [0.15, 0.2) is 11.5 Å². The van der Waals surface area contributed by atoms with Gasteiger partial charge >= 0.3 is 6.03 Å². The van der Waals surface area contributed by atoms with Crippen LogP contribution < -0.4 is 19.7 Å². The topological polar surface area (TPSA) is 148 Å². The molecule has 37 heavy (non-hydrogen) atoms. The highest BCUT2D eigenvalue weighted by atomic mass is 16.6. The van der Waals surface area contributed by atoms with E-state index < -0.39 is 22.8 Å². The Balaban J connectivity index is 1.59. The molecule has 1 aliphatic rings. The summed E-state index contributed by atoms with van der Waals surface area (Å²) < 4.78 is 11.5. The highest BCUT2D eigenvalue weighted by Crippen LogP contribution is 2.31. The second-order valence-corrected chi connectivity index (χ2v) is 7.83. The first-order valence-electron chi connectivity index (χ1n) is 11.1. The van der Waals surface area contributed by atoms with E-state index in [4.69, 9.17) is 9.47 Å². The third-order valence-corrected chi connectivity index (χ3v) is 5.30. The van der Waals surface area contributed by atoms with Gasteiger partial charge in [-0.05, 0) is 60.5 Å². The van der Waals surface area contributed by atoms with E-state index in [2.05, 4.69) is 5.32 Å². The van der Waals surface area contributed by atoms with Gasteiger partial charge < -0.3 is 14.6 Å². The van der Waals surface area contributed by atoms with Gasteiger partial charge in [0.25, 0.3) is 17.5 Å². The lowest BCUT2D eigenvalue weighted by Gasteiger charge is -2.26. The molecule has 1 saturated heterocycles. The van der Waals surface area contributed by atoms with Gasteiger partial charge in [0.2, 0.25) is 0 Å². The minimum Gasteiger partial charge on any atom is -0.508 e. The van der Waals surface area contributed by atoms with Gasteiger partial charge in [0, 0.05) is 12.1 Å². The fourth-order valence-corrected chi connectivity index (χ4v) is 3.58. The Morgan fingerprint density at radius 2 is 1.76 bits per heavy atom. The number of non-ortho nitro benzene ring substituents is 1. The summed E-state index contributed by atoms with van der Waals surface area (Å²) in [4.78, 5) is 49.2. The van der Waals surface area contributed by atoms with E-state index >= 15 is 0 Å². The van der Waals surface area contributed by atoms with Crippen molar-refractivity contribution in [3.8, 4) is 17.2 Å². The van der Waals surface area contributed by atoms with Crippen molar-refractivity contribution in [3.05, 3.63) is 93.5 Å². The van der Waals surface area contributed by atoms with Crippen LogP contribution in [-0.2, 0) is 16.2 Å². The van der Waals surface area contributed by atoms with E-state index in [1.807, 2.05) is 0 Å². The molecule has 0 bridgehead atoms. The SMILES string of the molecule is CCOc1cc(/C=C2\C(=O)NC(=O)N(c3ccc(O)cc3)C2=O)ccc1OCc1cccc([N+](=O)[O-])c1. The largest absolute Gasteiger partial charge is 0.508 e. The summed E-state index contributed by atoms with van der Waals surface area (Å²) in [7, 11) is 0. The van der Waals surface area contributed by atoms with Gasteiger partial charge in [0.05, 0.1) is 17.2 Å². The van der Waals surface area contributed by atoms with Crippen LogP contribution in [0.3, 0.4) is 0 Å². The number of amides is 4. The Morgan fingerprint density at radius 3 is 2.46 bits per heavy atom. The standard InChI is InChI=1S/C26H21N3O8/c1-2-36-23-14-16(6-11-22(23)37-15-17-4-3-5-19(12-17)29(34)35)13-21-24(31)27-26(33)28(25(21)32)18-7-9-20(30)10-8-18/h3-14,30H,2,15H2,1H3,(H,27,31,33)/b21-13+. The average molecular weight is 503 g/mol. The first kappa shape index (κ1) is 24.9. The molecule has 0 aromatic heterocycles. The molecule has 0 radical (unpaired) electrons. The number of carbonyl (C=O) groups excluding carboxylic acids is 3. The van der Waals surface area contributed by atoms with Crippen molar-refractivity contribution in [1.29, 1.82) is 0 Å². The van der Waals surface area contributed by atoms with Crippen LogP contribution in [0.15, 0.2) is 72.3 Å². The zero-order valence-corrected chi connectivity index (χ0v) is 19.5. The van der Waals surface area contributed by atoms with Gasteiger partial charge in [-0.1, -0.05) is 18.2 Å². The Morgan fingerprint density at radius 1 is 1.00 bits per heavy atom.